The van der Waals surface area contributed by atoms with Gasteiger partial charge < -0.3 is 15.0 Å². The molecule has 21 heavy (non-hydrogen) atoms. The molecular weight excluding hydrogens is 282 g/mol. The second kappa shape index (κ2) is 7.71. The number of aromatic nitrogens is 2. The number of fused-ring (bicyclic) bond motifs is 1. The lowest BCUT2D eigenvalue weighted by Gasteiger charge is -2.21. The van der Waals surface area contributed by atoms with Gasteiger partial charge in [-0.1, -0.05) is 32.5 Å². The summed E-state index contributed by atoms with van der Waals surface area (Å²) >= 11 is 1.78. The van der Waals surface area contributed by atoms with E-state index in [1.807, 2.05) is 18.2 Å². The van der Waals surface area contributed by atoms with Gasteiger partial charge in [-0.25, -0.2) is 4.98 Å². The van der Waals surface area contributed by atoms with Gasteiger partial charge in [0, 0.05) is 17.9 Å². The van der Waals surface area contributed by atoms with Crippen molar-refractivity contribution in [1.29, 1.82) is 0 Å². The number of nitrogens with one attached hydrogen (secondary N) is 2. The molecule has 2 N–H and O–H groups in total. The first-order valence-corrected chi connectivity index (χ1v) is 8.52. The number of rotatable bonds is 8. The molecule has 1 unspecified atom stereocenters. The van der Waals surface area contributed by atoms with E-state index in [1.54, 1.807) is 18.9 Å². The molecule has 0 spiro atoms. The van der Waals surface area contributed by atoms with Crippen LogP contribution in [0.4, 0.5) is 0 Å². The fourth-order valence-corrected chi connectivity index (χ4v) is 3.33. The highest BCUT2D eigenvalue weighted by atomic mass is 32.2. The lowest BCUT2D eigenvalue weighted by molar-refractivity contribution is 0.415. The molecule has 0 bridgehead atoms. The first-order chi connectivity index (χ1) is 10.1. The summed E-state index contributed by atoms with van der Waals surface area (Å²) in [5.74, 6) is 2.50. The molecule has 0 amide bonds. The molecule has 1 aromatic heterocycles. The molecule has 1 atom stereocenters. The van der Waals surface area contributed by atoms with Crippen molar-refractivity contribution < 1.29 is 4.74 Å². The number of imidazole rings is 1. The van der Waals surface area contributed by atoms with Crippen molar-refractivity contribution in [3.8, 4) is 5.75 Å². The van der Waals surface area contributed by atoms with Crippen LogP contribution in [0.25, 0.3) is 11.0 Å². The highest BCUT2D eigenvalue weighted by molar-refractivity contribution is 7.99. The molecular formula is C16H25N3OS. The van der Waals surface area contributed by atoms with E-state index in [0.717, 1.165) is 40.7 Å². The first-order valence-electron chi connectivity index (χ1n) is 7.54. The Morgan fingerprint density at radius 2 is 2.19 bits per heavy atom. The average molecular weight is 307 g/mol. The molecule has 5 heteroatoms. The smallest absolute Gasteiger partial charge is 0.166 e. The number of methoxy groups -OCH3 is 1. The zero-order chi connectivity index (χ0) is 15.2. The van der Waals surface area contributed by atoms with Gasteiger partial charge in [0.2, 0.25) is 0 Å². The topological polar surface area (TPSA) is 49.9 Å². The number of hydrogen-bond donors (Lipinski definition) is 2. The van der Waals surface area contributed by atoms with Gasteiger partial charge in [0.05, 0.1) is 18.1 Å². The fraction of sp³-hybridized carbons (Fsp3) is 0.562. The standard InChI is InChI=1S/C16H25N3OS/c1-5-8-17-15(11(2)3)10-21-16-18-13-7-6-12(20-4)9-14(13)19-16/h6-7,9,11,15,17H,5,8,10H2,1-4H3,(H,18,19). The highest BCUT2D eigenvalue weighted by Crippen LogP contribution is 2.24. The SMILES string of the molecule is CCCNC(CSc1nc2ccc(OC)cc2[nH]1)C(C)C. The predicted molar refractivity (Wildman–Crippen MR) is 90.3 cm³/mol. The maximum absolute atomic E-state index is 5.24. The molecule has 0 saturated heterocycles. The van der Waals surface area contributed by atoms with Crippen LogP contribution < -0.4 is 10.1 Å². The Balaban J connectivity index is 2.01. The summed E-state index contributed by atoms with van der Waals surface area (Å²) in [6.07, 6.45) is 1.16. The van der Waals surface area contributed by atoms with Crippen LogP contribution in [0.2, 0.25) is 0 Å². The average Bonchev–Trinajstić information content (AvgIpc) is 2.88. The molecule has 0 aliphatic heterocycles. The maximum Gasteiger partial charge on any atom is 0.166 e. The van der Waals surface area contributed by atoms with Gasteiger partial charge in [-0.2, -0.15) is 0 Å². The van der Waals surface area contributed by atoms with Crippen molar-refractivity contribution in [2.24, 2.45) is 5.92 Å². The van der Waals surface area contributed by atoms with Gasteiger partial charge in [0.15, 0.2) is 5.16 Å². The molecule has 2 aromatic rings. The minimum Gasteiger partial charge on any atom is -0.497 e. The minimum absolute atomic E-state index is 0.512. The summed E-state index contributed by atoms with van der Waals surface area (Å²) in [7, 11) is 1.68. The van der Waals surface area contributed by atoms with Crippen LogP contribution in [-0.2, 0) is 0 Å². The van der Waals surface area contributed by atoms with Gasteiger partial charge in [-0.15, -0.1) is 0 Å². The molecule has 4 nitrogen and oxygen atoms in total. The van der Waals surface area contributed by atoms with Crippen molar-refractivity contribution in [2.75, 3.05) is 19.4 Å². The van der Waals surface area contributed by atoms with Crippen molar-refractivity contribution >= 4 is 22.8 Å². The lowest BCUT2D eigenvalue weighted by atomic mass is 10.1. The van der Waals surface area contributed by atoms with Crippen LogP contribution in [0.5, 0.6) is 5.75 Å². The summed E-state index contributed by atoms with van der Waals surface area (Å²) in [4.78, 5) is 7.99. The number of hydrogen-bond acceptors (Lipinski definition) is 4. The van der Waals surface area contributed by atoms with E-state index < -0.39 is 0 Å². The third-order valence-electron chi connectivity index (χ3n) is 3.53. The molecule has 0 aliphatic rings. The maximum atomic E-state index is 5.24. The molecule has 0 aliphatic carbocycles. The van der Waals surface area contributed by atoms with E-state index in [1.165, 1.54) is 0 Å². The van der Waals surface area contributed by atoms with E-state index in [2.05, 4.69) is 36.1 Å². The van der Waals surface area contributed by atoms with Crippen molar-refractivity contribution in [1.82, 2.24) is 15.3 Å². The van der Waals surface area contributed by atoms with Crippen molar-refractivity contribution in [2.45, 2.75) is 38.4 Å². The van der Waals surface area contributed by atoms with Gasteiger partial charge in [0.25, 0.3) is 0 Å². The fourth-order valence-electron chi connectivity index (χ4n) is 2.15. The Morgan fingerprint density at radius 3 is 2.86 bits per heavy atom. The third-order valence-corrected chi connectivity index (χ3v) is 4.52. The summed E-state index contributed by atoms with van der Waals surface area (Å²) in [6.45, 7) is 7.79. The molecule has 116 valence electrons. The van der Waals surface area contributed by atoms with Gasteiger partial charge in [-0.3, -0.25) is 0 Å². The first kappa shape index (κ1) is 16.2. The van der Waals surface area contributed by atoms with E-state index in [9.17, 15) is 0 Å². The Morgan fingerprint density at radius 1 is 1.38 bits per heavy atom. The Hall–Kier alpha value is -1.20. The van der Waals surface area contributed by atoms with Crippen molar-refractivity contribution in [3.63, 3.8) is 0 Å². The normalized spacial score (nSPS) is 13.0. The van der Waals surface area contributed by atoms with E-state index in [-0.39, 0.29) is 0 Å². The van der Waals surface area contributed by atoms with E-state index >= 15 is 0 Å². The zero-order valence-corrected chi connectivity index (χ0v) is 14.1. The minimum atomic E-state index is 0.512. The molecule has 0 radical (unpaired) electrons. The Bertz CT molecular complexity index is 568. The number of ether oxygens (including phenoxy) is 1. The van der Waals surface area contributed by atoms with Gasteiger partial charge in [-0.05, 0) is 31.0 Å². The highest BCUT2D eigenvalue weighted by Gasteiger charge is 2.14. The monoisotopic (exact) mass is 307 g/mol. The van der Waals surface area contributed by atoms with Crippen molar-refractivity contribution in [3.05, 3.63) is 18.2 Å². The molecule has 1 aromatic carbocycles. The summed E-state index contributed by atoms with van der Waals surface area (Å²) in [6, 6.07) is 6.43. The van der Waals surface area contributed by atoms with E-state index in [4.69, 9.17) is 4.74 Å². The zero-order valence-electron chi connectivity index (χ0n) is 13.3. The summed E-state index contributed by atoms with van der Waals surface area (Å²) < 4.78 is 5.24. The molecule has 1 heterocycles. The van der Waals surface area contributed by atoms with E-state index in [0.29, 0.717) is 12.0 Å². The van der Waals surface area contributed by atoms with Crippen LogP contribution in [0.3, 0.4) is 0 Å². The Labute approximate surface area is 131 Å². The number of benzene rings is 1. The second-order valence-electron chi connectivity index (χ2n) is 5.54. The predicted octanol–water partition coefficient (Wildman–Crippen LogP) is 3.69. The van der Waals surface area contributed by atoms with Gasteiger partial charge >= 0.3 is 0 Å². The number of nitrogens with zero attached hydrogens (tertiary/aromatic N) is 1. The van der Waals surface area contributed by atoms with Crippen LogP contribution in [0.1, 0.15) is 27.2 Å². The van der Waals surface area contributed by atoms with Crippen LogP contribution >= 0.6 is 11.8 Å². The van der Waals surface area contributed by atoms with Gasteiger partial charge in [0.1, 0.15) is 5.75 Å². The molecule has 0 fully saturated rings. The number of aromatic amines is 1. The quantitative estimate of drug-likeness (QED) is 0.730. The third kappa shape index (κ3) is 4.38. The second-order valence-corrected chi connectivity index (χ2v) is 6.55. The number of thioether (sulfide) groups is 1. The molecule has 2 rings (SSSR count). The lowest BCUT2D eigenvalue weighted by Crippen LogP contribution is -2.36. The summed E-state index contributed by atoms with van der Waals surface area (Å²) in [5, 5.41) is 4.58. The van der Waals surface area contributed by atoms with Crippen LogP contribution in [0.15, 0.2) is 23.4 Å². The van der Waals surface area contributed by atoms with Crippen LogP contribution in [0, 0.1) is 5.92 Å². The number of H-pyrrole nitrogens is 1. The molecule has 0 saturated carbocycles. The largest absolute Gasteiger partial charge is 0.497 e. The summed E-state index contributed by atoms with van der Waals surface area (Å²) in [5.41, 5.74) is 2.01. The Kier molecular flexibility index (Phi) is 5.94. The van der Waals surface area contributed by atoms with Crippen LogP contribution in [-0.4, -0.2) is 35.4 Å².